The molecule has 1 aromatic heterocycles. The predicted molar refractivity (Wildman–Crippen MR) is 109 cm³/mol. The topological polar surface area (TPSA) is 69.6 Å². The van der Waals surface area contributed by atoms with E-state index in [2.05, 4.69) is 34.1 Å². The van der Waals surface area contributed by atoms with Crippen molar-refractivity contribution in [1.29, 1.82) is 0 Å². The molecular formula is C23H24N3O3+. The molecule has 3 aromatic rings. The zero-order valence-corrected chi connectivity index (χ0v) is 16.4. The predicted octanol–water partition coefficient (Wildman–Crippen LogP) is 4.86. The largest absolute Gasteiger partial charge is 0.448 e. The van der Waals surface area contributed by atoms with Gasteiger partial charge in [-0.2, -0.15) is 0 Å². The number of hydrogen-bond acceptors (Lipinski definition) is 4. The Labute approximate surface area is 169 Å². The van der Waals surface area contributed by atoms with Crippen LogP contribution in [0, 0.1) is 11.8 Å². The molecule has 0 amide bonds. The van der Waals surface area contributed by atoms with Gasteiger partial charge >= 0.3 is 5.69 Å². The molecule has 2 aromatic carbocycles. The van der Waals surface area contributed by atoms with Gasteiger partial charge in [0.05, 0.1) is 16.5 Å². The van der Waals surface area contributed by atoms with Crippen molar-refractivity contribution in [2.75, 3.05) is 18.0 Å². The van der Waals surface area contributed by atoms with Crippen molar-refractivity contribution in [3.8, 4) is 0 Å². The number of rotatable bonds is 3. The molecule has 148 valence electrons. The maximum absolute atomic E-state index is 11.2. The Hall–Kier alpha value is -3.15. The normalized spacial score (nSPS) is 20.0. The van der Waals surface area contributed by atoms with Crippen LogP contribution < -0.4 is 4.90 Å². The molecule has 1 aliphatic carbocycles. The molecule has 2 aliphatic rings. The fourth-order valence-electron chi connectivity index (χ4n) is 5.12. The summed E-state index contributed by atoms with van der Waals surface area (Å²) in [5.74, 6) is 1.03. The number of anilines is 1. The maximum atomic E-state index is 11.2. The van der Waals surface area contributed by atoms with E-state index in [0.717, 1.165) is 49.6 Å². The zero-order chi connectivity index (χ0) is 20.0. The molecule has 5 rings (SSSR count). The number of nitrogens with zero attached hydrogens (tertiary/aromatic N) is 3. The Morgan fingerprint density at radius 3 is 2.69 bits per heavy atom. The van der Waals surface area contributed by atoms with Gasteiger partial charge in [0.15, 0.2) is 0 Å². The first-order valence-electron chi connectivity index (χ1n) is 10.1. The molecule has 6 heteroatoms. The highest BCUT2D eigenvalue weighted by atomic mass is 16.6. The van der Waals surface area contributed by atoms with Gasteiger partial charge in [0.25, 0.3) is 4.92 Å². The Morgan fingerprint density at radius 1 is 1.17 bits per heavy atom. The van der Waals surface area contributed by atoms with Gasteiger partial charge in [0.2, 0.25) is 5.89 Å². The second kappa shape index (κ2) is 6.72. The first kappa shape index (κ1) is 17.9. The maximum Gasteiger partial charge on any atom is 0.318 e. The summed E-state index contributed by atoms with van der Waals surface area (Å²) in [5, 5.41) is 9.21. The Morgan fingerprint density at radius 2 is 1.97 bits per heavy atom. The summed E-state index contributed by atoms with van der Waals surface area (Å²) in [6, 6.07) is 15.9. The summed E-state index contributed by atoms with van der Waals surface area (Å²) in [7, 11) is 0. The number of fused-ring (bicyclic) bond motifs is 2. The minimum atomic E-state index is -0.0783. The molecule has 1 aliphatic heterocycles. The first-order valence-corrected chi connectivity index (χ1v) is 10.1. The lowest BCUT2D eigenvalue weighted by Crippen LogP contribution is -2.41. The Bertz CT molecular complexity index is 1070. The van der Waals surface area contributed by atoms with E-state index in [1.54, 1.807) is 18.4 Å². The van der Waals surface area contributed by atoms with Crippen LogP contribution in [-0.2, 0) is 5.41 Å². The number of aromatic nitrogens is 1. The average Bonchev–Trinajstić information content (AvgIpc) is 3.31. The van der Waals surface area contributed by atoms with Crippen molar-refractivity contribution in [2.45, 2.75) is 37.5 Å². The van der Waals surface area contributed by atoms with Crippen LogP contribution in [0.15, 0.2) is 59.2 Å². The zero-order valence-electron chi connectivity index (χ0n) is 16.4. The highest BCUT2D eigenvalue weighted by Crippen LogP contribution is 2.53. The van der Waals surface area contributed by atoms with Crippen molar-refractivity contribution < 1.29 is 14.5 Å². The number of piperidine rings is 1. The van der Waals surface area contributed by atoms with Crippen molar-refractivity contribution in [3.63, 3.8) is 0 Å². The Balaban J connectivity index is 1.42. The average molecular weight is 390 g/mol. The van der Waals surface area contributed by atoms with E-state index in [1.165, 1.54) is 11.1 Å². The van der Waals surface area contributed by atoms with Crippen LogP contribution in [0.25, 0.3) is 0 Å². The van der Waals surface area contributed by atoms with Gasteiger partial charge in [0, 0.05) is 36.3 Å². The third-order valence-corrected chi connectivity index (χ3v) is 6.57. The number of hydrogen-bond donors (Lipinski definition) is 1. The SMILES string of the molecule is Cc1coc([C@H]2CC3(CCN(c4cccc([N+](=O)O)c4)CC3)c3ccccc32)n1. The number of oxazole rings is 1. The molecule has 0 saturated carbocycles. The molecule has 1 N–H and O–H groups in total. The van der Waals surface area contributed by atoms with Gasteiger partial charge in [-0.25, -0.2) is 10.2 Å². The molecule has 1 saturated heterocycles. The highest BCUT2D eigenvalue weighted by Gasteiger charge is 2.47. The quantitative estimate of drug-likeness (QED) is 0.647. The van der Waals surface area contributed by atoms with E-state index in [0.29, 0.717) is 0 Å². The summed E-state index contributed by atoms with van der Waals surface area (Å²) in [4.78, 5) is 18.1. The molecule has 0 radical (unpaired) electrons. The van der Waals surface area contributed by atoms with Gasteiger partial charge in [-0.1, -0.05) is 30.3 Å². The molecule has 0 unspecified atom stereocenters. The molecule has 1 spiro atoms. The van der Waals surface area contributed by atoms with Gasteiger partial charge in [0.1, 0.15) is 6.26 Å². The lowest BCUT2D eigenvalue weighted by Gasteiger charge is -2.41. The highest BCUT2D eigenvalue weighted by molar-refractivity contribution is 5.54. The number of benzene rings is 2. The van der Waals surface area contributed by atoms with Gasteiger partial charge in [-0.3, -0.25) is 0 Å². The second-order valence-corrected chi connectivity index (χ2v) is 8.23. The van der Waals surface area contributed by atoms with E-state index in [4.69, 9.17) is 4.42 Å². The lowest BCUT2D eigenvalue weighted by atomic mass is 9.73. The van der Waals surface area contributed by atoms with E-state index in [-0.39, 0.29) is 21.9 Å². The molecule has 0 bridgehead atoms. The molecule has 1 atom stereocenters. The third-order valence-electron chi connectivity index (χ3n) is 6.57. The first-order chi connectivity index (χ1) is 14.1. The minimum absolute atomic E-state index is 0.0783. The van der Waals surface area contributed by atoms with Crippen LogP contribution in [0.5, 0.6) is 0 Å². The second-order valence-electron chi connectivity index (χ2n) is 8.23. The molecule has 29 heavy (non-hydrogen) atoms. The van der Waals surface area contributed by atoms with E-state index >= 15 is 0 Å². The monoisotopic (exact) mass is 390 g/mol. The summed E-state index contributed by atoms with van der Waals surface area (Å²) in [6.07, 6.45) is 4.82. The van der Waals surface area contributed by atoms with Gasteiger partial charge in [-0.15, -0.1) is 0 Å². The minimum Gasteiger partial charge on any atom is -0.448 e. The Kier molecular flexibility index (Phi) is 4.15. The van der Waals surface area contributed by atoms with E-state index in [1.807, 2.05) is 19.1 Å². The standard InChI is InChI=1S/C23H24N3O3/c1-16-15-29-22(24-16)20-14-23(21-8-3-2-7-19(20)21)9-11-25(12-10-23)17-5-4-6-18(13-17)26(27)28/h2-8,13,15,20H,9-12,14H2,1H3,(H,27,28)/q+1/t20-/m0/s1. The summed E-state index contributed by atoms with van der Waals surface area (Å²) < 4.78 is 5.79. The van der Waals surface area contributed by atoms with Crippen molar-refractivity contribution in [3.05, 3.63) is 82.4 Å². The van der Waals surface area contributed by atoms with Crippen LogP contribution in [0.4, 0.5) is 11.4 Å². The summed E-state index contributed by atoms with van der Waals surface area (Å²) in [5.41, 5.74) is 5.04. The van der Waals surface area contributed by atoms with Crippen LogP contribution in [0.1, 0.15) is 47.9 Å². The van der Waals surface area contributed by atoms with E-state index in [9.17, 15) is 10.1 Å². The lowest BCUT2D eigenvalue weighted by molar-refractivity contribution is -0.729. The summed E-state index contributed by atoms with van der Waals surface area (Å²) >= 11 is 0. The molecular weight excluding hydrogens is 366 g/mol. The summed E-state index contributed by atoms with van der Waals surface area (Å²) in [6.45, 7) is 3.77. The fourth-order valence-corrected chi connectivity index (χ4v) is 5.12. The fraction of sp³-hybridized carbons (Fsp3) is 0.348. The van der Waals surface area contributed by atoms with Crippen molar-refractivity contribution >= 4 is 11.4 Å². The van der Waals surface area contributed by atoms with Crippen LogP contribution in [-0.4, -0.2) is 28.2 Å². The van der Waals surface area contributed by atoms with E-state index < -0.39 is 0 Å². The van der Waals surface area contributed by atoms with Gasteiger partial charge in [-0.05, 0) is 43.4 Å². The van der Waals surface area contributed by atoms with Gasteiger partial charge < -0.3 is 9.32 Å². The third kappa shape index (κ3) is 2.99. The number of aryl methyl sites for hydroxylation is 1. The van der Waals surface area contributed by atoms with Crippen LogP contribution in [0.2, 0.25) is 0 Å². The van der Waals surface area contributed by atoms with Crippen molar-refractivity contribution in [2.24, 2.45) is 0 Å². The van der Waals surface area contributed by atoms with Crippen molar-refractivity contribution in [1.82, 2.24) is 4.98 Å². The molecule has 6 nitrogen and oxygen atoms in total. The van der Waals surface area contributed by atoms with Crippen LogP contribution in [0.3, 0.4) is 0 Å². The smallest absolute Gasteiger partial charge is 0.318 e. The molecule has 2 heterocycles. The van der Waals surface area contributed by atoms with Crippen LogP contribution >= 0.6 is 0 Å². The molecule has 1 fully saturated rings.